The summed E-state index contributed by atoms with van der Waals surface area (Å²) in [5.74, 6) is 0.921. The molecule has 1 atom stereocenters. The fraction of sp³-hybridized carbons (Fsp3) is 0.571. The summed E-state index contributed by atoms with van der Waals surface area (Å²) in [6, 6.07) is 8.97. The van der Waals surface area contributed by atoms with E-state index in [0.717, 1.165) is 18.8 Å². The highest BCUT2D eigenvalue weighted by Gasteiger charge is 2.19. The number of hydrogen-bond donors (Lipinski definition) is 1. The Kier molecular flexibility index (Phi) is 4.40. The highest BCUT2D eigenvalue weighted by atomic mass is 16.5. The van der Waals surface area contributed by atoms with E-state index in [1.165, 1.54) is 24.9 Å². The number of likely N-dealkylation sites (tertiary alicyclic amines) is 1. The molecule has 1 aromatic rings. The number of nitrogens with zero attached hydrogens (tertiary/aromatic N) is 1. The van der Waals surface area contributed by atoms with Crippen molar-refractivity contribution in [2.24, 2.45) is 0 Å². The third-order valence-corrected chi connectivity index (χ3v) is 3.54. The molecule has 0 aliphatic carbocycles. The Labute approximate surface area is 104 Å². The predicted molar refractivity (Wildman–Crippen MR) is 70.4 cm³/mol. The summed E-state index contributed by atoms with van der Waals surface area (Å²) in [4.78, 5) is 2.45. The standard InChI is InChI=1S/C14H22N2O/c1-16-9-3-4-13(16)11-15-10-12-5-7-14(17-2)8-6-12/h5-8,13,15H,3-4,9-11H2,1-2H3/t13-/m1/s1. The van der Waals surface area contributed by atoms with Crippen molar-refractivity contribution in [3.05, 3.63) is 29.8 Å². The first-order valence-electron chi connectivity index (χ1n) is 6.33. The van der Waals surface area contributed by atoms with Gasteiger partial charge in [-0.2, -0.15) is 0 Å². The fourth-order valence-corrected chi connectivity index (χ4v) is 2.36. The molecule has 3 nitrogen and oxygen atoms in total. The van der Waals surface area contributed by atoms with Crippen LogP contribution in [0.2, 0.25) is 0 Å². The fourth-order valence-electron chi connectivity index (χ4n) is 2.36. The Balaban J connectivity index is 1.73. The van der Waals surface area contributed by atoms with Gasteiger partial charge in [-0.05, 0) is 44.1 Å². The quantitative estimate of drug-likeness (QED) is 0.842. The molecule has 1 heterocycles. The van der Waals surface area contributed by atoms with E-state index in [2.05, 4.69) is 29.4 Å². The normalized spacial score (nSPS) is 20.7. The SMILES string of the molecule is COc1ccc(CNC[C@H]2CCCN2C)cc1. The minimum atomic E-state index is 0.716. The highest BCUT2D eigenvalue weighted by Crippen LogP contribution is 2.14. The van der Waals surface area contributed by atoms with Crippen LogP contribution in [-0.4, -0.2) is 38.2 Å². The first-order valence-corrected chi connectivity index (χ1v) is 6.33. The van der Waals surface area contributed by atoms with Crippen LogP contribution >= 0.6 is 0 Å². The van der Waals surface area contributed by atoms with Crippen molar-refractivity contribution in [3.8, 4) is 5.75 Å². The molecule has 0 saturated carbocycles. The molecule has 0 spiro atoms. The Hall–Kier alpha value is -1.06. The summed E-state index contributed by atoms with van der Waals surface area (Å²) in [5, 5.41) is 3.53. The Bertz CT molecular complexity index is 337. The van der Waals surface area contributed by atoms with Crippen LogP contribution in [0.25, 0.3) is 0 Å². The number of nitrogens with one attached hydrogen (secondary N) is 1. The number of ether oxygens (including phenoxy) is 1. The van der Waals surface area contributed by atoms with Gasteiger partial charge in [0.15, 0.2) is 0 Å². The summed E-state index contributed by atoms with van der Waals surface area (Å²) in [5.41, 5.74) is 1.31. The minimum Gasteiger partial charge on any atom is -0.497 e. The molecule has 1 fully saturated rings. The van der Waals surface area contributed by atoms with Gasteiger partial charge in [0, 0.05) is 19.1 Å². The lowest BCUT2D eigenvalue weighted by molar-refractivity contribution is 0.300. The van der Waals surface area contributed by atoms with E-state index >= 15 is 0 Å². The number of methoxy groups -OCH3 is 1. The van der Waals surface area contributed by atoms with E-state index in [-0.39, 0.29) is 0 Å². The van der Waals surface area contributed by atoms with Gasteiger partial charge in [0.1, 0.15) is 5.75 Å². The molecule has 1 saturated heterocycles. The second kappa shape index (κ2) is 6.03. The van der Waals surface area contributed by atoms with Crippen LogP contribution in [0.5, 0.6) is 5.75 Å². The zero-order chi connectivity index (χ0) is 12.1. The van der Waals surface area contributed by atoms with Gasteiger partial charge in [0.05, 0.1) is 7.11 Å². The first-order chi connectivity index (χ1) is 8.29. The van der Waals surface area contributed by atoms with Crippen molar-refractivity contribution in [2.75, 3.05) is 27.2 Å². The van der Waals surface area contributed by atoms with Crippen molar-refractivity contribution in [2.45, 2.75) is 25.4 Å². The van der Waals surface area contributed by atoms with E-state index in [1.54, 1.807) is 7.11 Å². The number of hydrogen-bond acceptors (Lipinski definition) is 3. The van der Waals surface area contributed by atoms with Crippen LogP contribution in [0.1, 0.15) is 18.4 Å². The molecular formula is C14H22N2O. The lowest BCUT2D eigenvalue weighted by Gasteiger charge is -2.19. The van der Waals surface area contributed by atoms with Crippen molar-refractivity contribution >= 4 is 0 Å². The topological polar surface area (TPSA) is 24.5 Å². The van der Waals surface area contributed by atoms with Crippen molar-refractivity contribution in [1.29, 1.82) is 0 Å². The van der Waals surface area contributed by atoms with Crippen LogP contribution in [-0.2, 0) is 6.54 Å². The van der Waals surface area contributed by atoms with Crippen LogP contribution < -0.4 is 10.1 Å². The Morgan fingerprint density at radius 1 is 1.35 bits per heavy atom. The van der Waals surface area contributed by atoms with Crippen molar-refractivity contribution < 1.29 is 4.74 Å². The molecule has 1 aromatic carbocycles. The van der Waals surface area contributed by atoms with Gasteiger partial charge in [-0.1, -0.05) is 12.1 Å². The molecule has 17 heavy (non-hydrogen) atoms. The Morgan fingerprint density at radius 3 is 2.71 bits per heavy atom. The van der Waals surface area contributed by atoms with E-state index in [0.29, 0.717) is 6.04 Å². The average molecular weight is 234 g/mol. The highest BCUT2D eigenvalue weighted by molar-refractivity contribution is 5.26. The minimum absolute atomic E-state index is 0.716. The van der Waals surface area contributed by atoms with Crippen molar-refractivity contribution in [3.63, 3.8) is 0 Å². The molecule has 1 aliphatic rings. The molecule has 0 bridgehead atoms. The summed E-state index contributed by atoms with van der Waals surface area (Å²) in [6.45, 7) is 3.27. The van der Waals surface area contributed by atoms with Gasteiger partial charge in [-0.25, -0.2) is 0 Å². The predicted octanol–water partition coefficient (Wildman–Crippen LogP) is 1.88. The van der Waals surface area contributed by atoms with Crippen LogP contribution in [0.3, 0.4) is 0 Å². The average Bonchev–Trinajstić information content (AvgIpc) is 2.76. The van der Waals surface area contributed by atoms with Gasteiger partial charge in [0.25, 0.3) is 0 Å². The monoisotopic (exact) mass is 234 g/mol. The molecule has 3 heteroatoms. The molecular weight excluding hydrogens is 212 g/mol. The van der Waals surface area contributed by atoms with E-state index in [4.69, 9.17) is 4.74 Å². The van der Waals surface area contributed by atoms with Crippen LogP contribution in [0, 0.1) is 0 Å². The van der Waals surface area contributed by atoms with Crippen molar-refractivity contribution in [1.82, 2.24) is 10.2 Å². The van der Waals surface area contributed by atoms with Gasteiger partial charge in [-0.3, -0.25) is 0 Å². The van der Waals surface area contributed by atoms with Gasteiger partial charge in [-0.15, -0.1) is 0 Å². The molecule has 0 aromatic heterocycles. The first kappa shape index (κ1) is 12.4. The molecule has 2 rings (SSSR count). The zero-order valence-electron chi connectivity index (χ0n) is 10.8. The molecule has 0 unspecified atom stereocenters. The summed E-state index contributed by atoms with van der Waals surface area (Å²) < 4.78 is 5.14. The van der Waals surface area contributed by atoms with E-state index in [1.807, 2.05) is 12.1 Å². The number of benzene rings is 1. The zero-order valence-corrected chi connectivity index (χ0v) is 10.8. The molecule has 0 amide bonds. The van der Waals surface area contributed by atoms with Gasteiger partial charge < -0.3 is 15.0 Å². The Morgan fingerprint density at radius 2 is 2.12 bits per heavy atom. The molecule has 94 valence electrons. The van der Waals surface area contributed by atoms with Crippen LogP contribution in [0.4, 0.5) is 0 Å². The number of likely N-dealkylation sites (N-methyl/N-ethyl adjacent to an activating group) is 1. The third-order valence-electron chi connectivity index (χ3n) is 3.54. The lowest BCUT2D eigenvalue weighted by atomic mass is 10.2. The molecule has 1 aliphatic heterocycles. The maximum atomic E-state index is 5.14. The summed E-state index contributed by atoms with van der Waals surface area (Å²) in [6.07, 6.45) is 2.66. The smallest absolute Gasteiger partial charge is 0.118 e. The lowest BCUT2D eigenvalue weighted by Crippen LogP contribution is -2.35. The second-order valence-electron chi connectivity index (χ2n) is 4.76. The number of rotatable bonds is 5. The van der Waals surface area contributed by atoms with Gasteiger partial charge in [0.2, 0.25) is 0 Å². The summed E-state index contributed by atoms with van der Waals surface area (Å²) >= 11 is 0. The second-order valence-corrected chi connectivity index (χ2v) is 4.76. The van der Waals surface area contributed by atoms with Crippen LogP contribution in [0.15, 0.2) is 24.3 Å². The van der Waals surface area contributed by atoms with E-state index in [9.17, 15) is 0 Å². The summed E-state index contributed by atoms with van der Waals surface area (Å²) in [7, 11) is 3.91. The van der Waals surface area contributed by atoms with Gasteiger partial charge >= 0.3 is 0 Å². The maximum absolute atomic E-state index is 5.14. The maximum Gasteiger partial charge on any atom is 0.118 e. The molecule has 0 radical (unpaired) electrons. The largest absolute Gasteiger partial charge is 0.497 e. The molecule has 1 N–H and O–H groups in total. The van der Waals surface area contributed by atoms with E-state index < -0.39 is 0 Å². The third kappa shape index (κ3) is 3.45.